The first-order chi connectivity index (χ1) is 11.4. The molecule has 0 aromatic heterocycles. The van der Waals surface area contributed by atoms with Crippen molar-refractivity contribution in [3.8, 4) is 0 Å². The van der Waals surface area contributed by atoms with E-state index in [9.17, 15) is 0 Å². The van der Waals surface area contributed by atoms with E-state index in [0.29, 0.717) is 6.71 Å². The fourth-order valence-corrected chi connectivity index (χ4v) is 3.25. The zero-order chi connectivity index (χ0) is 15.9. The Balaban J connectivity index is 0.00000208. The van der Waals surface area contributed by atoms with E-state index in [0.717, 1.165) is 6.42 Å². The molecule has 0 aliphatic rings. The van der Waals surface area contributed by atoms with Crippen LogP contribution in [0, 0.1) is 0 Å². The van der Waals surface area contributed by atoms with Gasteiger partial charge in [0.05, 0.1) is 0 Å². The van der Waals surface area contributed by atoms with Crippen molar-refractivity contribution in [2.45, 2.75) is 26.2 Å². The van der Waals surface area contributed by atoms with E-state index < -0.39 is 0 Å². The summed E-state index contributed by atoms with van der Waals surface area (Å²) in [5, 5.41) is 0. The minimum atomic E-state index is 0. The summed E-state index contributed by atoms with van der Waals surface area (Å²) in [7, 11) is 0. The molecule has 0 atom stereocenters. The van der Waals surface area contributed by atoms with Crippen molar-refractivity contribution in [2.75, 3.05) is 0 Å². The van der Waals surface area contributed by atoms with Crippen LogP contribution in [0.3, 0.4) is 0 Å². The van der Waals surface area contributed by atoms with E-state index in [1.54, 1.807) is 0 Å². The van der Waals surface area contributed by atoms with Crippen LogP contribution in [-0.4, -0.2) is 58.1 Å². The van der Waals surface area contributed by atoms with Crippen molar-refractivity contribution in [3.05, 3.63) is 90.5 Å². The Morgan fingerprint density at radius 2 is 1.17 bits per heavy atom. The number of unbranched alkanes of at least 4 members (excludes halogenated alkanes) is 1. The average Bonchev–Trinajstić information content (AvgIpc) is 2.63. The molecule has 115 valence electrons. The molecule has 2 heteroatoms. The third-order valence-corrected chi connectivity index (χ3v) is 4.43. The average molecular weight is 337 g/mol. The number of aryl methyl sites for hydroxylation is 1. The standard InChI is InChI=1S/C22H23B.K/c1-2-3-12-19-13-10-11-18-22(19)23(20-14-6-4-7-15-20)21-16-8-5-9-17-21;/h4-11,13-18H,2-3,12H2,1H3;. The maximum absolute atomic E-state index is 2.30. The summed E-state index contributed by atoms with van der Waals surface area (Å²) in [6, 6.07) is 30.7. The fraction of sp³-hybridized carbons (Fsp3) is 0.182. The van der Waals surface area contributed by atoms with Crippen molar-refractivity contribution in [1.29, 1.82) is 0 Å². The van der Waals surface area contributed by atoms with Crippen LogP contribution in [-0.2, 0) is 6.42 Å². The molecule has 0 amide bonds. The second-order valence-corrected chi connectivity index (χ2v) is 6.06. The predicted octanol–water partition coefficient (Wildman–Crippen LogP) is 3.16. The van der Waals surface area contributed by atoms with Crippen molar-refractivity contribution in [1.82, 2.24) is 0 Å². The maximum Gasteiger partial charge on any atom is 0.241 e. The SMILES string of the molecule is CCCCc1ccccc1B(c1ccccc1)c1ccccc1.[K]. The van der Waals surface area contributed by atoms with Crippen LogP contribution in [0.4, 0.5) is 0 Å². The Bertz CT molecular complexity index is 686. The Morgan fingerprint density at radius 1 is 0.667 bits per heavy atom. The van der Waals surface area contributed by atoms with Gasteiger partial charge < -0.3 is 0 Å². The summed E-state index contributed by atoms with van der Waals surface area (Å²) >= 11 is 0. The third-order valence-electron chi connectivity index (χ3n) is 4.43. The van der Waals surface area contributed by atoms with E-state index >= 15 is 0 Å². The van der Waals surface area contributed by atoms with Crippen LogP contribution < -0.4 is 16.4 Å². The molecular formula is C22H23BK. The summed E-state index contributed by atoms with van der Waals surface area (Å²) in [6.07, 6.45) is 3.63. The molecule has 0 N–H and O–H groups in total. The minimum Gasteiger partial charge on any atom is -0.0687 e. The Kier molecular flexibility index (Phi) is 8.51. The molecule has 0 heterocycles. The van der Waals surface area contributed by atoms with Gasteiger partial charge in [-0.1, -0.05) is 120 Å². The van der Waals surface area contributed by atoms with Gasteiger partial charge in [0.15, 0.2) is 0 Å². The second kappa shape index (κ2) is 10.4. The smallest absolute Gasteiger partial charge is 0.0687 e. The zero-order valence-electron chi connectivity index (χ0n) is 14.8. The van der Waals surface area contributed by atoms with Crippen LogP contribution in [0.1, 0.15) is 25.3 Å². The summed E-state index contributed by atoms with van der Waals surface area (Å²) in [6.45, 7) is 2.57. The van der Waals surface area contributed by atoms with Crippen molar-refractivity contribution >= 4 is 74.5 Å². The van der Waals surface area contributed by atoms with E-state index in [1.807, 2.05) is 0 Å². The van der Waals surface area contributed by atoms with Gasteiger partial charge in [0.2, 0.25) is 6.71 Å². The van der Waals surface area contributed by atoms with Crippen LogP contribution in [0.5, 0.6) is 0 Å². The quantitative estimate of drug-likeness (QED) is 0.606. The van der Waals surface area contributed by atoms with E-state index in [2.05, 4.69) is 91.9 Å². The van der Waals surface area contributed by atoms with Gasteiger partial charge >= 0.3 is 0 Å². The molecule has 3 rings (SSSR count). The first-order valence-electron chi connectivity index (χ1n) is 8.58. The third kappa shape index (κ3) is 4.94. The zero-order valence-corrected chi connectivity index (χ0v) is 17.9. The van der Waals surface area contributed by atoms with Gasteiger partial charge in [0.1, 0.15) is 0 Å². The van der Waals surface area contributed by atoms with Crippen LogP contribution in [0.15, 0.2) is 84.9 Å². The largest absolute Gasteiger partial charge is 0.241 e. The first kappa shape index (κ1) is 19.7. The molecule has 3 aromatic rings. The number of hydrogen-bond acceptors (Lipinski definition) is 0. The maximum atomic E-state index is 2.30. The summed E-state index contributed by atoms with van der Waals surface area (Å²) < 4.78 is 0. The summed E-state index contributed by atoms with van der Waals surface area (Å²) in [5.41, 5.74) is 5.65. The number of benzene rings is 3. The predicted molar refractivity (Wildman–Crippen MR) is 108 cm³/mol. The van der Waals surface area contributed by atoms with Gasteiger partial charge in [-0.15, -0.1) is 0 Å². The molecular weight excluding hydrogens is 314 g/mol. The normalized spacial score (nSPS) is 10.0. The van der Waals surface area contributed by atoms with Crippen LogP contribution in [0.25, 0.3) is 0 Å². The van der Waals surface area contributed by atoms with Crippen molar-refractivity contribution < 1.29 is 0 Å². The molecule has 0 aliphatic carbocycles. The molecule has 0 aliphatic heterocycles. The van der Waals surface area contributed by atoms with E-state index in [-0.39, 0.29) is 51.4 Å². The monoisotopic (exact) mass is 337 g/mol. The van der Waals surface area contributed by atoms with Crippen LogP contribution >= 0.6 is 0 Å². The molecule has 0 spiro atoms. The van der Waals surface area contributed by atoms with Crippen molar-refractivity contribution in [2.24, 2.45) is 0 Å². The van der Waals surface area contributed by atoms with E-state index in [1.165, 1.54) is 34.8 Å². The van der Waals surface area contributed by atoms with E-state index in [4.69, 9.17) is 0 Å². The topological polar surface area (TPSA) is 0 Å². The van der Waals surface area contributed by atoms with Gasteiger partial charge in [-0.2, -0.15) is 0 Å². The van der Waals surface area contributed by atoms with Gasteiger partial charge in [-0.25, -0.2) is 0 Å². The van der Waals surface area contributed by atoms with Crippen molar-refractivity contribution in [3.63, 3.8) is 0 Å². The second-order valence-electron chi connectivity index (χ2n) is 6.06. The van der Waals surface area contributed by atoms with Crippen LogP contribution in [0.2, 0.25) is 0 Å². The fourth-order valence-electron chi connectivity index (χ4n) is 3.25. The molecule has 0 saturated carbocycles. The first-order valence-corrected chi connectivity index (χ1v) is 8.58. The molecule has 0 unspecified atom stereocenters. The number of rotatable bonds is 6. The Hall–Kier alpha value is -0.639. The Morgan fingerprint density at radius 3 is 1.71 bits per heavy atom. The van der Waals surface area contributed by atoms with Gasteiger partial charge in [0, 0.05) is 51.4 Å². The Labute approximate surface area is 189 Å². The molecule has 0 bridgehead atoms. The molecule has 3 aromatic carbocycles. The number of hydrogen-bond donors (Lipinski definition) is 0. The van der Waals surface area contributed by atoms with Gasteiger partial charge in [-0.05, 0) is 12.8 Å². The van der Waals surface area contributed by atoms with Gasteiger partial charge in [-0.3, -0.25) is 0 Å². The van der Waals surface area contributed by atoms with Gasteiger partial charge in [0.25, 0.3) is 0 Å². The molecule has 0 saturated heterocycles. The molecule has 0 fully saturated rings. The molecule has 24 heavy (non-hydrogen) atoms. The minimum absolute atomic E-state index is 0. The summed E-state index contributed by atoms with van der Waals surface area (Å²) in [5.74, 6) is 0. The summed E-state index contributed by atoms with van der Waals surface area (Å²) in [4.78, 5) is 0. The molecule has 1 radical (unpaired) electrons. The molecule has 0 nitrogen and oxygen atoms in total.